The highest BCUT2D eigenvalue weighted by molar-refractivity contribution is 9.10. The highest BCUT2D eigenvalue weighted by Crippen LogP contribution is 2.28. The van der Waals surface area contributed by atoms with Crippen LogP contribution in [0.3, 0.4) is 0 Å². The molecule has 0 aliphatic heterocycles. The fraction of sp³-hybridized carbons (Fsp3) is 0.0500. The summed E-state index contributed by atoms with van der Waals surface area (Å²) < 4.78 is 6.32. The van der Waals surface area contributed by atoms with Gasteiger partial charge < -0.3 is 9.73 Å². The summed E-state index contributed by atoms with van der Waals surface area (Å²) in [5.41, 5.74) is 2.84. The minimum absolute atomic E-state index is 0.249. The Morgan fingerprint density at radius 3 is 2.81 bits per heavy atom. The Balaban J connectivity index is 1.83. The summed E-state index contributed by atoms with van der Waals surface area (Å²) in [5, 5.41) is 3.61. The van der Waals surface area contributed by atoms with E-state index >= 15 is 0 Å². The molecule has 26 heavy (non-hydrogen) atoms. The molecule has 0 atom stereocenters. The standard InChI is InChI=1S/C20H14BrN3O2/c1-12-6-7-22-19(9-12)24-20(25)15-11-17(18-3-2-8-26-18)23-16-5-4-13(21)10-14(15)16/h2-11H,1H3,(H,22,24,25). The van der Waals surface area contributed by atoms with Crippen LogP contribution in [-0.2, 0) is 0 Å². The molecule has 0 aliphatic carbocycles. The largest absolute Gasteiger partial charge is 0.463 e. The van der Waals surface area contributed by atoms with E-state index in [2.05, 4.69) is 31.2 Å². The molecule has 3 aromatic heterocycles. The Morgan fingerprint density at radius 1 is 1.15 bits per heavy atom. The third-order valence-electron chi connectivity index (χ3n) is 3.95. The first-order chi connectivity index (χ1) is 12.6. The Hall–Kier alpha value is -2.99. The van der Waals surface area contributed by atoms with Crippen molar-refractivity contribution in [2.45, 2.75) is 6.92 Å². The van der Waals surface area contributed by atoms with Gasteiger partial charge in [0.15, 0.2) is 5.76 Å². The van der Waals surface area contributed by atoms with Gasteiger partial charge in [0.2, 0.25) is 0 Å². The maximum atomic E-state index is 12.9. The minimum atomic E-state index is -0.249. The molecule has 0 spiro atoms. The first-order valence-corrected chi connectivity index (χ1v) is 8.78. The summed E-state index contributed by atoms with van der Waals surface area (Å²) in [6, 6.07) is 14.7. The number of furan rings is 1. The van der Waals surface area contributed by atoms with Crippen LogP contribution in [0.25, 0.3) is 22.4 Å². The van der Waals surface area contributed by atoms with Crippen molar-refractivity contribution in [3.8, 4) is 11.5 Å². The second kappa shape index (κ2) is 6.72. The number of aromatic nitrogens is 2. The molecular formula is C20H14BrN3O2. The highest BCUT2D eigenvalue weighted by atomic mass is 79.9. The average Bonchev–Trinajstić information content (AvgIpc) is 3.15. The molecule has 0 unspecified atom stereocenters. The van der Waals surface area contributed by atoms with Crippen molar-refractivity contribution in [3.05, 3.63) is 76.6 Å². The fourth-order valence-corrected chi connectivity index (χ4v) is 3.09. The van der Waals surface area contributed by atoms with E-state index in [0.29, 0.717) is 28.4 Å². The van der Waals surface area contributed by atoms with Gasteiger partial charge in [0.25, 0.3) is 5.91 Å². The van der Waals surface area contributed by atoms with E-state index in [1.165, 1.54) is 0 Å². The lowest BCUT2D eigenvalue weighted by atomic mass is 10.1. The molecule has 1 aromatic carbocycles. The maximum Gasteiger partial charge on any atom is 0.257 e. The van der Waals surface area contributed by atoms with Crippen LogP contribution in [0.1, 0.15) is 15.9 Å². The predicted molar refractivity (Wildman–Crippen MR) is 104 cm³/mol. The van der Waals surface area contributed by atoms with Crippen molar-refractivity contribution in [3.63, 3.8) is 0 Å². The van der Waals surface area contributed by atoms with Gasteiger partial charge in [-0.25, -0.2) is 9.97 Å². The number of fused-ring (bicyclic) bond motifs is 1. The number of rotatable bonds is 3. The van der Waals surface area contributed by atoms with Crippen molar-refractivity contribution in [1.82, 2.24) is 9.97 Å². The van der Waals surface area contributed by atoms with Crippen LogP contribution in [-0.4, -0.2) is 15.9 Å². The lowest BCUT2D eigenvalue weighted by Crippen LogP contribution is -2.14. The molecule has 128 valence electrons. The number of carbonyl (C=O) groups is 1. The number of aryl methyl sites for hydroxylation is 1. The van der Waals surface area contributed by atoms with Crippen LogP contribution in [0, 0.1) is 6.92 Å². The average molecular weight is 408 g/mol. The smallest absolute Gasteiger partial charge is 0.257 e. The molecule has 3 heterocycles. The number of anilines is 1. The zero-order chi connectivity index (χ0) is 18.1. The van der Waals surface area contributed by atoms with E-state index in [0.717, 1.165) is 15.4 Å². The summed E-state index contributed by atoms with van der Waals surface area (Å²) in [6.45, 7) is 1.95. The van der Waals surface area contributed by atoms with Crippen LogP contribution >= 0.6 is 15.9 Å². The zero-order valence-corrected chi connectivity index (χ0v) is 15.4. The molecule has 0 aliphatic rings. The van der Waals surface area contributed by atoms with Crippen LogP contribution < -0.4 is 5.32 Å². The number of hydrogen-bond donors (Lipinski definition) is 1. The number of nitrogens with one attached hydrogen (secondary N) is 1. The summed E-state index contributed by atoms with van der Waals surface area (Å²) in [6.07, 6.45) is 3.25. The molecule has 4 rings (SSSR count). The minimum Gasteiger partial charge on any atom is -0.463 e. The fourth-order valence-electron chi connectivity index (χ4n) is 2.72. The summed E-state index contributed by atoms with van der Waals surface area (Å²) in [5.74, 6) is 0.869. The van der Waals surface area contributed by atoms with E-state index in [9.17, 15) is 4.79 Å². The van der Waals surface area contributed by atoms with E-state index in [1.807, 2.05) is 43.3 Å². The van der Waals surface area contributed by atoms with Crippen LogP contribution in [0.2, 0.25) is 0 Å². The Bertz CT molecular complexity index is 1110. The lowest BCUT2D eigenvalue weighted by molar-refractivity contribution is 0.102. The first-order valence-electron chi connectivity index (χ1n) is 7.98. The van der Waals surface area contributed by atoms with Gasteiger partial charge in [-0.3, -0.25) is 4.79 Å². The number of hydrogen-bond acceptors (Lipinski definition) is 4. The molecule has 1 N–H and O–H groups in total. The molecule has 0 bridgehead atoms. The monoisotopic (exact) mass is 407 g/mol. The van der Waals surface area contributed by atoms with Crippen LogP contribution in [0.4, 0.5) is 5.82 Å². The second-order valence-corrected chi connectivity index (χ2v) is 6.78. The van der Waals surface area contributed by atoms with Crippen molar-refractivity contribution < 1.29 is 9.21 Å². The van der Waals surface area contributed by atoms with Gasteiger partial charge in [-0.15, -0.1) is 0 Å². The Morgan fingerprint density at radius 2 is 2.04 bits per heavy atom. The highest BCUT2D eigenvalue weighted by Gasteiger charge is 2.16. The van der Waals surface area contributed by atoms with Gasteiger partial charge in [0.05, 0.1) is 17.3 Å². The quantitative estimate of drug-likeness (QED) is 0.505. The normalized spacial score (nSPS) is 10.8. The molecule has 0 fully saturated rings. The topological polar surface area (TPSA) is 68.0 Å². The van der Waals surface area contributed by atoms with Crippen LogP contribution in [0.5, 0.6) is 0 Å². The van der Waals surface area contributed by atoms with E-state index < -0.39 is 0 Å². The zero-order valence-electron chi connectivity index (χ0n) is 13.9. The van der Waals surface area contributed by atoms with Gasteiger partial charge in [-0.1, -0.05) is 15.9 Å². The Labute approximate surface area is 158 Å². The number of nitrogens with zero attached hydrogens (tertiary/aromatic N) is 2. The Kier molecular flexibility index (Phi) is 4.26. The molecule has 1 amide bonds. The summed E-state index contributed by atoms with van der Waals surface area (Å²) in [4.78, 5) is 21.8. The molecule has 0 saturated carbocycles. The molecule has 4 aromatic rings. The maximum absolute atomic E-state index is 12.9. The lowest BCUT2D eigenvalue weighted by Gasteiger charge is -2.10. The van der Waals surface area contributed by atoms with E-state index in [1.54, 1.807) is 24.6 Å². The molecule has 0 radical (unpaired) electrons. The number of benzene rings is 1. The van der Waals surface area contributed by atoms with Crippen LogP contribution in [0.15, 0.2) is 69.9 Å². The van der Waals surface area contributed by atoms with Crippen molar-refractivity contribution in [2.75, 3.05) is 5.32 Å². The summed E-state index contributed by atoms with van der Waals surface area (Å²) in [7, 11) is 0. The molecule has 0 saturated heterocycles. The molecule has 6 heteroatoms. The third-order valence-corrected chi connectivity index (χ3v) is 4.44. The first kappa shape index (κ1) is 16.5. The SMILES string of the molecule is Cc1ccnc(NC(=O)c2cc(-c3ccco3)nc3ccc(Br)cc23)c1. The van der Waals surface area contributed by atoms with E-state index in [4.69, 9.17) is 4.42 Å². The number of amides is 1. The van der Waals surface area contributed by atoms with Crippen molar-refractivity contribution in [2.24, 2.45) is 0 Å². The van der Waals surface area contributed by atoms with Gasteiger partial charge in [0.1, 0.15) is 11.5 Å². The molecular weight excluding hydrogens is 394 g/mol. The van der Waals surface area contributed by atoms with Gasteiger partial charge in [-0.05, 0) is 61.0 Å². The number of pyridine rings is 2. The summed E-state index contributed by atoms with van der Waals surface area (Å²) >= 11 is 3.46. The molecule has 5 nitrogen and oxygen atoms in total. The number of halogens is 1. The number of carbonyl (C=O) groups excluding carboxylic acids is 1. The van der Waals surface area contributed by atoms with Gasteiger partial charge in [0, 0.05) is 16.1 Å². The van der Waals surface area contributed by atoms with Crippen molar-refractivity contribution >= 4 is 38.6 Å². The second-order valence-electron chi connectivity index (χ2n) is 5.87. The van der Waals surface area contributed by atoms with E-state index in [-0.39, 0.29) is 5.91 Å². The van der Waals surface area contributed by atoms with Crippen molar-refractivity contribution in [1.29, 1.82) is 0 Å². The third kappa shape index (κ3) is 3.23. The predicted octanol–water partition coefficient (Wildman–Crippen LogP) is 5.21. The van der Waals surface area contributed by atoms with Gasteiger partial charge in [-0.2, -0.15) is 0 Å². The van der Waals surface area contributed by atoms with Gasteiger partial charge >= 0.3 is 0 Å².